The number of nitrogens with zero attached hydrogens (tertiary/aromatic N) is 2. The zero-order valence-corrected chi connectivity index (χ0v) is 13.2. The van der Waals surface area contributed by atoms with Gasteiger partial charge in [0.15, 0.2) is 0 Å². The fourth-order valence-electron chi connectivity index (χ4n) is 2.61. The fraction of sp³-hybridized carbons (Fsp3) is 0.533. The van der Waals surface area contributed by atoms with Gasteiger partial charge in [-0.3, -0.25) is 10.1 Å². The Balaban J connectivity index is 1.57. The second-order valence-corrected chi connectivity index (χ2v) is 6.63. The number of hydrogen-bond acceptors (Lipinski definition) is 5. The minimum absolute atomic E-state index is 0.0624. The highest BCUT2D eigenvalue weighted by atomic mass is 32.2. The van der Waals surface area contributed by atoms with E-state index in [1.807, 2.05) is 12.1 Å². The first-order valence-electron chi connectivity index (χ1n) is 7.38. The van der Waals surface area contributed by atoms with E-state index in [4.69, 9.17) is 0 Å². The van der Waals surface area contributed by atoms with Crippen molar-refractivity contribution in [3.05, 3.63) is 24.3 Å². The molecule has 0 radical (unpaired) electrons. The van der Waals surface area contributed by atoms with Crippen LogP contribution in [0.15, 0.2) is 24.3 Å². The molecule has 5 nitrogen and oxygen atoms in total. The van der Waals surface area contributed by atoms with Crippen molar-refractivity contribution in [1.82, 2.24) is 10.2 Å². The standard InChI is InChI=1S/C15H22N4OS/c1-18-6-8-19(9-7-18)13-4-2-12(3-5-13)17-15(20)14-10-21-11-16-14/h2-5,14,16H,6-11H2,1H3,(H,17,20). The van der Waals surface area contributed by atoms with Crippen molar-refractivity contribution in [3.8, 4) is 0 Å². The van der Waals surface area contributed by atoms with Crippen molar-refractivity contribution in [2.24, 2.45) is 0 Å². The second kappa shape index (κ2) is 6.68. The van der Waals surface area contributed by atoms with E-state index >= 15 is 0 Å². The quantitative estimate of drug-likeness (QED) is 0.874. The number of piperazine rings is 1. The molecule has 21 heavy (non-hydrogen) atoms. The van der Waals surface area contributed by atoms with Gasteiger partial charge in [-0.15, -0.1) is 11.8 Å². The summed E-state index contributed by atoms with van der Waals surface area (Å²) in [6.07, 6.45) is 0. The Kier molecular flexibility index (Phi) is 4.67. The predicted molar refractivity (Wildman–Crippen MR) is 89.0 cm³/mol. The van der Waals surface area contributed by atoms with Gasteiger partial charge >= 0.3 is 0 Å². The molecule has 2 fully saturated rings. The van der Waals surface area contributed by atoms with Gasteiger partial charge in [-0.05, 0) is 31.3 Å². The first-order chi connectivity index (χ1) is 10.2. The molecule has 114 valence electrons. The van der Waals surface area contributed by atoms with Crippen molar-refractivity contribution in [1.29, 1.82) is 0 Å². The van der Waals surface area contributed by atoms with Gasteiger partial charge < -0.3 is 15.1 Å². The topological polar surface area (TPSA) is 47.6 Å². The molecule has 2 saturated heterocycles. The average molecular weight is 306 g/mol. The summed E-state index contributed by atoms with van der Waals surface area (Å²) in [6, 6.07) is 8.11. The molecule has 1 amide bonds. The van der Waals surface area contributed by atoms with Crippen LogP contribution in [0.2, 0.25) is 0 Å². The number of thioether (sulfide) groups is 1. The largest absolute Gasteiger partial charge is 0.369 e. The Morgan fingerprint density at radius 2 is 1.95 bits per heavy atom. The molecule has 1 atom stereocenters. The lowest BCUT2D eigenvalue weighted by atomic mass is 10.2. The number of amides is 1. The molecule has 2 aliphatic rings. The van der Waals surface area contributed by atoms with Gasteiger partial charge in [0.1, 0.15) is 0 Å². The third-order valence-corrected chi connectivity index (χ3v) is 4.98. The van der Waals surface area contributed by atoms with Crippen LogP contribution in [0.4, 0.5) is 11.4 Å². The molecular weight excluding hydrogens is 284 g/mol. The molecule has 0 spiro atoms. The summed E-state index contributed by atoms with van der Waals surface area (Å²) in [7, 11) is 2.16. The van der Waals surface area contributed by atoms with Crippen LogP contribution in [0, 0.1) is 0 Å². The SMILES string of the molecule is CN1CCN(c2ccc(NC(=O)C3CSCN3)cc2)CC1. The summed E-state index contributed by atoms with van der Waals surface area (Å²) in [5.41, 5.74) is 2.10. The van der Waals surface area contributed by atoms with Crippen molar-refractivity contribution in [3.63, 3.8) is 0 Å². The average Bonchev–Trinajstić information content (AvgIpc) is 3.03. The molecule has 0 aliphatic carbocycles. The first-order valence-corrected chi connectivity index (χ1v) is 8.53. The van der Waals surface area contributed by atoms with Gasteiger partial charge in [-0.1, -0.05) is 0 Å². The van der Waals surface area contributed by atoms with Crippen LogP contribution < -0.4 is 15.5 Å². The summed E-state index contributed by atoms with van der Waals surface area (Å²) >= 11 is 1.76. The molecule has 2 N–H and O–H groups in total. The van der Waals surface area contributed by atoms with Crippen LogP contribution in [0.5, 0.6) is 0 Å². The van der Waals surface area contributed by atoms with Crippen LogP contribution in [-0.2, 0) is 4.79 Å². The molecule has 6 heteroatoms. The van der Waals surface area contributed by atoms with E-state index in [2.05, 4.69) is 39.6 Å². The van der Waals surface area contributed by atoms with Gasteiger partial charge in [-0.2, -0.15) is 0 Å². The summed E-state index contributed by atoms with van der Waals surface area (Å²) in [5, 5.41) is 6.16. The third kappa shape index (κ3) is 3.70. The number of nitrogens with one attached hydrogen (secondary N) is 2. The minimum Gasteiger partial charge on any atom is -0.369 e. The molecule has 1 aromatic carbocycles. The maximum absolute atomic E-state index is 12.0. The lowest BCUT2D eigenvalue weighted by Gasteiger charge is -2.34. The molecule has 2 heterocycles. The van der Waals surface area contributed by atoms with E-state index in [9.17, 15) is 4.79 Å². The van der Waals surface area contributed by atoms with Crippen LogP contribution in [0.25, 0.3) is 0 Å². The minimum atomic E-state index is -0.0627. The van der Waals surface area contributed by atoms with E-state index in [0.29, 0.717) is 0 Å². The molecule has 2 aliphatic heterocycles. The van der Waals surface area contributed by atoms with Crippen molar-refractivity contribution in [2.75, 3.05) is 55.1 Å². The zero-order valence-electron chi connectivity index (χ0n) is 12.3. The van der Waals surface area contributed by atoms with Crippen LogP contribution in [0.3, 0.4) is 0 Å². The fourth-order valence-corrected chi connectivity index (χ4v) is 3.56. The number of benzene rings is 1. The summed E-state index contributed by atoms with van der Waals surface area (Å²) in [6.45, 7) is 4.32. The number of carbonyl (C=O) groups is 1. The van der Waals surface area contributed by atoms with E-state index in [1.165, 1.54) is 5.69 Å². The monoisotopic (exact) mass is 306 g/mol. The van der Waals surface area contributed by atoms with E-state index in [1.54, 1.807) is 11.8 Å². The maximum Gasteiger partial charge on any atom is 0.242 e. The molecule has 0 aromatic heterocycles. The second-order valence-electron chi connectivity index (χ2n) is 5.60. The van der Waals surface area contributed by atoms with Gasteiger partial charge in [0.25, 0.3) is 0 Å². The number of likely N-dealkylation sites (N-methyl/N-ethyl adjacent to an activating group) is 1. The lowest BCUT2D eigenvalue weighted by molar-refractivity contribution is -0.117. The predicted octanol–water partition coefficient (Wildman–Crippen LogP) is 1.04. The summed E-state index contributed by atoms with van der Waals surface area (Å²) in [5.74, 6) is 1.78. The van der Waals surface area contributed by atoms with Crippen molar-refractivity contribution in [2.45, 2.75) is 6.04 Å². The first kappa shape index (κ1) is 14.7. The number of carbonyl (C=O) groups excluding carboxylic acids is 1. The highest BCUT2D eigenvalue weighted by Crippen LogP contribution is 2.20. The van der Waals surface area contributed by atoms with E-state index < -0.39 is 0 Å². The molecule has 1 unspecified atom stereocenters. The Morgan fingerprint density at radius 3 is 2.57 bits per heavy atom. The van der Waals surface area contributed by atoms with Crippen molar-refractivity contribution >= 4 is 29.0 Å². The normalized spacial score (nSPS) is 23.3. The highest BCUT2D eigenvalue weighted by molar-refractivity contribution is 7.99. The Bertz CT molecular complexity index is 479. The number of anilines is 2. The van der Waals surface area contributed by atoms with Crippen LogP contribution in [0.1, 0.15) is 0 Å². The molecular formula is C15H22N4OS. The molecule has 0 bridgehead atoms. The maximum atomic E-state index is 12.0. The van der Waals surface area contributed by atoms with Gasteiger partial charge in [-0.25, -0.2) is 0 Å². The third-order valence-electron chi connectivity index (χ3n) is 4.04. The van der Waals surface area contributed by atoms with Crippen molar-refractivity contribution < 1.29 is 4.79 Å². The Labute approximate surface area is 130 Å². The van der Waals surface area contributed by atoms with Gasteiger partial charge in [0, 0.05) is 49.2 Å². The Hall–Kier alpha value is -1.24. The molecule has 3 rings (SSSR count). The zero-order chi connectivity index (χ0) is 14.7. The van der Waals surface area contributed by atoms with E-state index in [0.717, 1.165) is 43.5 Å². The number of rotatable bonds is 3. The van der Waals surface area contributed by atoms with E-state index in [-0.39, 0.29) is 11.9 Å². The van der Waals surface area contributed by atoms with Crippen LogP contribution >= 0.6 is 11.8 Å². The van der Waals surface area contributed by atoms with Gasteiger partial charge in [0.2, 0.25) is 5.91 Å². The summed E-state index contributed by atoms with van der Waals surface area (Å²) < 4.78 is 0. The molecule has 1 aromatic rings. The van der Waals surface area contributed by atoms with Gasteiger partial charge in [0.05, 0.1) is 6.04 Å². The highest BCUT2D eigenvalue weighted by Gasteiger charge is 2.22. The smallest absolute Gasteiger partial charge is 0.242 e. The molecule has 0 saturated carbocycles. The summed E-state index contributed by atoms with van der Waals surface area (Å²) in [4.78, 5) is 16.8. The van der Waals surface area contributed by atoms with Crippen LogP contribution in [-0.4, -0.2) is 61.7 Å². The number of hydrogen-bond donors (Lipinski definition) is 2. The Morgan fingerprint density at radius 1 is 1.24 bits per heavy atom. The lowest BCUT2D eigenvalue weighted by Crippen LogP contribution is -2.44.